The number of nitrogens with zero attached hydrogens (tertiary/aromatic N) is 2. The van der Waals surface area contributed by atoms with Gasteiger partial charge in [-0.3, -0.25) is 4.98 Å². The van der Waals surface area contributed by atoms with E-state index in [2.05, 4.69) is 29.9 Å². The van der Waals surface area contributed by atoms with Gasteiger partial charge in [-0.1, -0.05) is 29.3 Å². The van der Waals surface area contributed by atoms with Crippen molar-refractivity contribution in [3.8, 4) is 0 Å². The minimum absolute atomic E-state index is 0.250. The summed E-state index contributed by atoms with van der Waals surface area (Å²) in [5.74, 6) is 0.250. The molecule has 1 aromatic heterocycles. The molecule has 104 valence electrons. The quantitative estimate of drug-likeness (QED) is 0.782. The highest BCUT2D eigenvalue weighted by atomic mass is 35.5. The lowest BCUT2D eigenvalue weighted by Gasteiger charge is -2.33. The minimum Gasteiger partial charge on any atom is -0.301 e. The Balaban J connectivity index is 2.15. The Hall–Kier alpha value is -1.09. The van der Waals surface area contributed by atoms with Crippen molar-refractivity contribution in [3.63, 3.8) is 0 Å². The predicted octanol–water partition coefficient (Wildman–Crippen LogP) is 4.27. The van der Waals surface area contributed by atoms with Gasteiger partial charge in [-0.2, -0.15) is 0 Å². The molecule has 1 unspecified atom stereocenters. The maximum absolute atomic E-state index is 6.21. The molecule has 0 saturated carbocycles. The van der Waals surface area contributed by atoms with Gasteiger partial charge in [-0.05, 0) is 48.9 Å². The number of hydrogen-bond donors (Lipinski definition) is 0. The van der Waals surface area contributed by atoms with Gasteiger partial charge in [-0.15, -0.1) is 0 Å². The van der Waals surface area contributed by atoms with Crippen LogP contribution in [0.15, 0.2) is 30.5 Å². The molecule has 1 aliphatic heterocycles. The number of pyridine rings is 1. The summed E-state index contributed by atoms with van der Waals surface area (Å²) >= 11 is 12.4. The Morgan fingerprint density at radius 3 is 2.75 bits per heavy atom. The number of rotatable bonds is 1. The Kier molecular flexibility index (Phi) is 3.72. The molecular weight excluding hydrogens is 291 g/mol. The summed E-state index contributed by atoms with van der Waals surface area (Å²) in [6, 6.07) is 8.07. The second kappa shape index (κ2) is 5.36. The third kappa shape index (κ3) is 2.44. The summed E-state index contributed by atoms with van der Waals surface area (Å²) in [4.78, 5) is 6.88. The lowest BCUT2D eigenvalue weighted by Crippen LogP contribution is -2.31. The fourth-order valence-electron chi connectivity index (χ4n) is 2.93. The molecule has 0 bridgehead atoms. The monoisotopic (exact) mass is 306 g/mol. The molecule has 1 aliphatic rings. The first-order chi connectivity index (χ1) is 9.56. The van der Waals surface area contributed by atoms with Crippen molar-refractivity contribution < 1.29 is 0 Å². The standard InChI is InChI=1S/C16H16Cl2N2/c1-10-4-3-5-19-16(10)13-9-20(2)8-11-6-14(17)15(18)7-12(11)13/h3-7,13H,8-9H2,1-2H3. The number of halogens is 2. The van der Waals surface area contributed by atoms with Crippen LogP contribution in [-0.4, -0.2) is 23.5 Å². The first-order valence-corrected chi connectivity index (χ1v) is 7.39. The zero-order chi connectivity index (χ0) is 14.3. The van der Waals surface area contributed by atoms with E-state index in [0.29, 0.717) is 10.0 Å². The smallest absolute Gasteiger partial charge is 0.0595 e. The fourth-order valence-corrected chi connectivity index (χ4v) is 3.28. The third-order valence-electron chi connectivity index (χ3n) is 3.87. The number of likely N-dealkylation sites (N-methyl/N-ethyl adjacent to an activating group) is 1. The van der Waals surface area contributed by atoms with E-state index in [4.69, 9.17) is 23.2 Å². The van der Waals surface area contributed by atoms with Crippen molar-refractivity contribution in [1.82, 2.24) is 9.88 Å². The number of benzene rings is 1. The zero-order valence-electron chi connectivity index (χ0n) is 11.5. The molecular formula is C16H16Cl2N2. The zero-order valence-corrected chi connectivity index (χ0v) is 13.0. The SMILES string of the molecule is Cc1cccnc1C1CN(C)Cc2cc(Cl)c(Cl)cc21. The Bertz CT molecular complexity index is 655. The third-order valence-corrected chi connectivity index (χ3v) is 4.59. The number of aryl methyl sites for hydroxylation is 1. The highest BCUT2D eigenvalue weighted by Crippen LogP contribution is 2.37. The van der Waals surface area contributed by atoms with Crippen LogP contribution in [0.25, 0.3) is 0 Å². The van der Waals surface area contributed by atoms with Crippen molar-refractivity contribution in [1.29, 1.82) is 0 Å². The first-order valence-electron chi connectivity index (χ1n) is 6.64. The molecule has 0 radical (unpaired) electrons. The largest absolute Gasteiger partial charge is 0.301 e. The van der Waals surface area contributed by atoms with Crippen molar-refractivity contribution in [2.45, 2.75) is 19.4 Å². The summed E-state index contributed by atoms with van der Waals surface area (Å²) < 4.78 is 0. The molecule has 0 N–H and O–H groups in total. The summed E-state index contributed by atoms with van der Waals surface area (Å²) in [6.45, 7) is 3.95. The maximum Gasteiger partial charge on any atom is 0.0595 e. The minimum atomic E-state index is 0.250. The van der Waals surface area contributed by atoms with Crippen LogP contribution in [0.1, 0.15) is 28.3 Å². The van der Waals surface area contributed by atoms with E-state index in [1.54, 1.807) is 0 Å². The van der Waals surface area contributed by atoms with Crippen LogP contribution in [0, 0.1) is 6.92 Å². The summed E-state index contributed by atoms with van der Waals surface area (Å²) in [7, 11) is 2.12. The van der Waals surface area contributed by atoms with Gasteiger partial charge >= 0.3 is 0 Å². The molecule has 0 spiro atoms. The number of hydrogen-bond acceptors (Lipinski definition) is 2. The van der Waals surface area contributed by atoms with Gasteiger partial charge in [0.1, 0.15) is 0 Å². The molecule has 0 aliphatic carbocycles. The summed E-state index contributed by atoms with van der Waals surface area (Å²) in [5, 5.41) is 1.24. The van der Waals surface area contributed by atoms with E-state index in [1.165, 1.54) is 16.7 Å². The van der Waals surface area contributed by atoms with Crippen molar-refractivity contribution >= 4 is 23.2 Å². The van der Waals surface area contributed by atoms with E-state index in [-0.39, 0.29) is 5.92 Å². The average Bonchev–Trinajstić information content (AvgIpc) is 2.41. The number of aromatic nitrogens is 1. The van der Waals surface area contributed by atoms with Crippen LogP contribution in [0.4, 0.5) is 0 Å². The second-order valence-electron chi connectivity index (χ2n) is 5.42. The molecule has 4 heteroatoms. The van der Waals surface area contributed by atoms with Gasteiger partial charge in [0.2, 0.25) is 0 Å². The lowest BCUT2D eigenvalue weighted by atomic mass is 9.86. The van der Waals surface area contributed by atoms with E-state index < -0.39 is 0 Å². The first kappa shape index (κ1) is 13.9. The van der Waals surface area contributed by atoms with Gasteiger partial charge in [-0.25, -0.2) is 0 Å². The van der Waals surface area contributed by atoms with Crippen LogP contribution in [0.5, 0.6) is 0 Å². The van der Waals surface area contributed by atoms with Gasteiger partial charge in [0, 0.05) is 25.2 Å². The van der Waals surface area contributed by atoms with Gasteiger partial charge in [0.15, 0.2) is 0 Å². The maximum atomic E-state index is 6.21. The molecule has 0 amide bonds. The van der Waals surface area contributed by atoms with Gasteiger partial charge in [0.25, 0.3) is 0 Å². The summed E-state index contributed by atoms with van der Waals surface area (Å²) in [6.07, 6.45) is 1.86. The highest BCUT2D eigenvalue weighted by molar-refractivity contribution is 6.42. The van der Waals surface area contributed by atoms with Crippen LogP contribution in [-0.2, 0) is 6.54 Å². The van der Waals surface area contributed by atoms with Crippen molar-refractivity contribution in [3.05, 3.63) is 62.9 Å². The molecule has 1 aromatic carbocycles. The molecule has 2 aromatic rings. The Morgan fingerprint density at radius 1 is 1.25 bits per heavy atom. The fraction of sp³-hybridized carbons (Fsp3) is 0.312. The van der Waals surface area contributed by atoms with Gasteiger partial charge in [0.05, 0.1) is 15.7 Å². The van der Waals surface area contributed by atoms with Crippen molar-refractivity contribution in [2.75, 3.05) is 13.6 Å². The van der Waals surface area contributed by atoms with E-state index in [0.717, 1.165) is 18.8 Å². The van der Waals surface area contributed by atoms with E-state index in [1.807, 2.05) is 24.4 Å². The lowest BCUT2D eigenvalue weighted by molar-refractivity contribution is 0.293. The van der Waals surface area contributed by atoms with E-state index >= 15 is 0 Å². The molecule has 0 saturated heterocycles. The Labute approximate surface area is 129 Å². The number of fused-ring (bicyclic) bond motifs is 1. The molecule has 20 heavy (non-hydrogen) atoms. The second-order valence-corrected chi connectivity index (χ2v) is 6.23. The molecule has 0 fully saturated rings. The topological polar surface area (TPSA) is 16.1 Å². The predicted molar refractivity (Wildman–Crippen MR) is 83.6 cm³/mol. The molecule has 2 heterocycles. The average molecular weight is 307 g/mol. The van der Waals surface area contributed by atoms with Crippen molar-refractivity contribution in [2.24, 2.45) is 0 Å². The highest BCUT2D eigenvalue weighted by Gasteiger charge is 2.27. The van der Waals surface area contributed by atoms with Crippen LogP contribution < -0.4 is 0 Å². The van der Waals surface area contributed by atoms with Crippen LogP contribution in [0.3, 0.4) is 0 Å². The van der Waals surface area contributed by atoms with Gasteiger partial charge < -0.3 is 4.90 Å². The molecule has 3 rings (SSSR count). The van der Waals surface area contributed by atoms with E-state index in [9.17, 15) is 0 Å². The van der Waals surface area contributed by atoms with Crippen LogP contribution in [0.2, 0.25) is 10.0 Å². The normalized spacial score (nSPS) is 18.9. The Morgan fingerprint density at radius 2 is 2.00 bits per heavy atom. The molecule has 2 nitrogen and oxygen atoms in total. The summed E-state index contributed by atoms with van der Waals surface area (Å²) in [5.41, 5.74) is 4.83. The molecule has 1 atom stereocenters. The van der Waals surface area contributed by atoms with Crippen LogP contribution >= 0.6 is 23.2 Å².